The van der Waals surface area contributed by atoms with Crippen molar-refractivity contribution in [3.63, 3.8) is 0 Å². The molecule has 0 aliphatic heterocycles. The number of aliphatic carboxylic acids is 1. The molecule has 0 radical (unpaired) electrons. The summed E-state index contributed by atoms with van der Waals surface area (Å²) in [5.74, 6) is -0.308. The largest absolute Gasteiger partial charge is 0.481 e. The predicted octanol–water partition coefficient (Wildman–Crippen LogP) is 2.01. The third kappa shape index (κ3) is 1.54. The monoisotopic (exact) mass is 232 g/mol. The summed E-state index contributed by atoms with van der Waals surface area (Å²) in [6, 6.07) is 1.89. The van der Waals surface area contributed by atoms with Gasteiger partial charge in [-0.25, -0.2) is 9.97 Å². The summed E-state index contributed by atoms with van der Waals surface area (Å²) >= 11 is 0. The first-order valence-electron chi connectivity index (χ1n) is 6.22. The molecule has 4 nitrogen and oxygen atoms in total. The van der Waals surface area contributed by atoms with E-state index in [9.17, 15) is 9.90 Å². The standard InChI is InChI=1S/C13H16N2O2/c16-12(17)10-7-9-1-4-13(10,5-2-9)11-3-6-14-8-15-11/h3,6,8-10H,1-2,4-5,7H2,(H,16,17). The number of aromatic nitrogens is 2. The Morgan fingerprint density at radius 1 is 1.41 bits per heavy atom. The van der Waals surface area contributed by atoms with E-state index in [0.29, 0.717) is 5.92 Å². The molecule has 2 bridgehead atoms. The van der Waals surface area contributed by atoms with Crippen molar-refractivity contribution in [2.45, 2.75) is 37.5 Å². The summed E-state index contributed by atoms with van der Waals surface area (Å²) < 4.78 is 0. The van der Waals surface area contributed by atoms with Crippen molar-refractivity contribution in [2.75, 3.05) is 0 Å². The van der Waals surface area contributed by atoms with Crippen LogP contribution in [0.1, 0.15) is 37.8 Å². The zero-order valence-electron chi connectivity index (χ0n) is 9.67. The van der Waals surface area contributed by atoms with Gasteiger partial charge in [0.25, 0.3) is 0 Å². The fraction of sp³-hybridized carbons (Fsp3) is 0.615. The molecule has 0 amide bonds. The third-order valence-electron chi connectivity index (χ3n) is 4.62. The normalized spacial score (nSPS) is 35.8. The molecule has 90 valence electrons. The number of carbonyl (C=O) groups is 1. The number of hydrogen-bond donors (Lipinski definition) is 1. The average Bonchev–Trinajstić information content (AvgIpc) is 2.41. The molecule has 4 rings (SSSR count). The Morgan fingerprint density at radius 2 is 2.18 bits per heavy atom. The molecule has 1 aromatic rings. The quantitative estimate of drug-likeness (QED) is 0.847. The molecule has 0 aromatic carbocycles. The van der Waals surface area contributed by atoms with Crippen LogP contribution in [0.5, 0.6) is 0 Å². The highest BCUT2D eigenvalue weighted by atomic mass is 16.4. The Kier molecular flexibility index (Phi) is 2.38. The summed E-state index contributed by atoms with van der Waals surface area (Å²) in [6.07, 6.45) is 8.29. The van der Waals surface area contributed by atoms with Gasteiger partial charge in [-0.05, 0) is 44.1 Å². The van der Waals surface area contributed by atoms with Crippen molar-refractivity contribution in [2.24, 2.45) is 11.8 Å². The Bertz CT molecular complexity index is 424. The molecule has 3 saturated carbocycles. The second-order valence-corrected chi connectivity index (χ2v) is 5.32. The van der Waals surface area contributed by atoms with Crippen molar-refractivity contribution in [3.05, 3.63) is 24.3 Å². The molecule has 1 aromatic heterocycles. The first kappa shape index (κ1) is 10.7. The van der Waals surface area contributed by atoms with E-state index in [2.05, 4.69) is 9.97 Å². The lowest BCUT2D eigenvalue weighted by Gasteiger charge is -2.50. The van der Waals surface area contributed by atoms with Gasteiger partial charge < -0.3 is 5.11 Å². The van der Waals surface area contributed by atoms with Crippen LogP contribution >= 0.6 is 0 Å². The Balaban J connectivity index is 2.05. The van der Waals surface area contributed by atoms with Crippen molar-refractivity contribution in [1.82, 2.24) is 9.97 Å². The SMILES string of the molecule is O=C(O)C1CC2CCC1(c1ccncn1)CC2. The number of rotatable bonds is 2. The molecule has 1 unspecified atom stereocenters. The maximum Gasteiger partial charge on any atom is 0.307 e. The summed E-state index contributed by atoms with van der Waals surface area (Å²) in [5.41, 5.74) is 0.696. The zero-order valence-corrected chi connectivity index (χ0v) is 9.67. The van der Waals surface area contributed by atoms with Crippen molar-refractivity contribution >= 4 is 5.97 Å². The topological polar surface area (TPSA) is 63.1 Å². The van der Waals surface area contributed by atoms with E-state index >= 15 is 0 Å². The van der Waals surface area contributed by atoms with Gasteiger partial charge in [-0.1, -0.05) is 0 Å². The van der Waals surface area contributed by atoms with Crippen molar-refractivity contribution in [1.29, 1.82) is 0 Å². The molecule has 17 heavy (non-hydrogen) atoms. The molecule has 0 spiro atoms. The van der Waals surface area contributed by atoms with E-state index in [1.165, 1.54) is 6.33 Å². The van der Waals surface area contributed by atoms with E-state index < -0.39 is 5.97 Å². The number of carboxylic acid groups (broad SMARTS) is 1. The molecule has 1 N–H and O–H groups in total. The summed E-state index contributed by atoms with van der Waals surface area (Å²) in [4.78, 5) is 19.7. The zero-order chi connectivity index (χ0) is 11.9. The van der Waals surface area contributed by atoms with Crippen LogP contribution in [0.15, 0.2) is 18.6 Å². The van der Waals surface area contributed by atoms with Gasteiger partial charge in [0.1, 0.15) is 6.33 Å². The minimum atomic E-state index is -0.659. The molecule has 1 heterocycles. The van der Waals surface area contributed by atoms with Gasteiger partial charge in [0, 0.05) is 11.6 Å². The van der Waals surface area contributed by atoms with Crippen molar-refractivity contribution < 1.29 is 9.90 Å². The second-order valence-electron chi connectivity index (χ2n) is 5.32. The number of fused-ring (bicyclic) bond motifs is 3. The van der Waals surface area contributed by atoms with Gasteiger partial charge in [-0.15, -0.1) is 0 Å². The number of carboxylic acids is 1. The summed E-state index contributed by atoms with van der Waals surface area (Å²) in [6.45, 7) is 0. The van der Waals surface area contributed by atoms with Crippen LogP contribution in [0, 0.1) is 11.8 Å². The Morgan fingerprint density at radius 3 is 2.76 bits per heavy atom. The lowest BCUT2D eigenvalue weighted by atomic mass is 9.53. The fourth-order valence-corrected chi connectivity index (χ4v) is 3.69. The second kappa shape index (κ2) is 3.79. The molecular weight excluding hydrogens is 216 g/mol. The van der Waals surface area contributed by atoms with Gasteiger partial charge in [-0.2, -0.15) is 0 Å². The van der Waals surface area contributed by atoms with E-state index in [0.717, 1.165) is 37.8 Å². The van der Waals surface area contributed by atoms with Gasteiger partial charge in [0.15, 0.2) is 0 Å². The van der Waals surface area contributed by atoms with Crippen LogP contribution < -0.4 is 0 Å². The third-order valence-corrected chi connectivity index (χ3v) is 4.62. The van der Waals surface area contributed by atoms with Crippen LogP contribution in [0.25, 0.3) is 0 Å². The molecule has 0 saturated heterocycles. The van der Waals surface area contributed by atoms with E-state index in [1.54, 1.807) is 6.20 Å². The lowest BCUT2D eigenvalue weighted by molar-refractivity contribution is -0.149. The van der Waals surface area contributed by atoms with Crippen LogP contribution in [0.3, 0.4) is 0 Å². The van der Waals surface area contributed by atoms with Crippen LogP contribution in [-0.2, 0) is 10.2 Å². The molecule has 3 aliphatic carbocycles. The summed E-state index contributed by atoms with van der Waals surface area (Å²) in [5, 5.41) is 9.44. The van der Waals surface area contributed by atoms with Crippen LogP contribution in [-0.4, -0.2) is 21.0 Å². The minimum Gasteiger partial charge on any atom is -0.481 e. The van der Waals surface area contributed by atoms with Crippen LogP contribution in [0.2, 0.25) is 0 Å². The van der Waals surface area contributed by atoms with Gasteiger partial charge in [0.2, 0.25) is 0 Å². The lowest BCUT2D eigenvalue weighted by Crippen LogP contribution is -2.49. The smallest absolute Gasteiger partial charge is 0.307 e. The van der Waals surface area contributed by atoms with Gasteiger partial charge in [-0.3, -0.25) is 4.79 Å². The summed E-state index contributed by atoms with van der Waals surface area (Å²) in [7, 11) is 0. The maximum atomic E-state index is 11.5. The molecule has 3 aliphatic rings. The Hall–Kier alpha value is -1.45. The van der Waals surface area contributed by atoms with Crippen LogP contribution in [0.4, 0.5) is 0 Å². The highest BCUT2D eigenvalue weighted by molar-refractivity contribution is 5.73. The van der Waals surface area contributed by atoms with E-state index in [1.807, 2.05) is 6.07 Å². The molecule has 4 heteroatoms. The fourth-order valence-electron chi connectivity index (χ4n) is 3.69. The minimum absolute atomic E-state index is 0.233. The van der Waals surface area contributed by atoms with Gasteiger partial charge in [0.05, 0.1) is 11.6 Å². The maximum absolute atomic E-state index is 11.5. The number of hydrogen-bond acceptors (Lipinski definition) is 3. The first-order chi connectivity index (χ1) is 8.22. The van der Waals surface area contributed by atoms with E-state index in [-0.39, 0.29) is 11.3 Å². The predicted molar refractivity (Wildman–Crippen MR) is 61.4 cm³/mol. The molecular formula is C13H16N2O2. The van der Waals surface area contributed by atoms with Gasteiger partial charge >= 0.3 is 5.97 Å². The van der Waals surface area contributed by atoms with E-state index in [4.69, 9.17) is 0 Å². The highest BCUT2D eigenvalue weighted by Gasteiger charge is 2.52. The van der Waals surface area contributed by atoms with Crippen molar-refractivity contribution in [3.8, 4) is 0 Å². The highest BCUT2D eigenvalue weighted by Crippen LogP contribution is 2.54. The Labute approximate surface area is 100 Å². The first-order valence-corrected chi connectivity index (χ1v) is 6.22. The average molecular weight is 232 g/mol. The molecule has 1 atom stereocenters. The molecule has 3 fully saturated rings. The number of nitrogens with zero attached hydrogens (tertiary/aromatic N) is 2.